The molecule has 2 aliphatic heterocycles. The molecule has 0 amide bonds. The number of fused-ring (bicyclic) bond motifs is 1. The summed E-state index contributed by atoms with van der Waals surface area (Å²) in [4.78, 5) is 25.7. The monoisotopic (exact) mass is 265 g/mol. The first-order valence-corrected chi connectivity index (χ1v) is 6.82. The predicted molar refractivity (Wildman–Crippen MR) is 69.3 cm³/mol. The highest BCUT2D eigenvalue weighted by molar-refractivity contribution is 5.79. The number of piperidine rings is 1. The smallest absolute Gasteiger partial charge is 0.290 e. The van der Waals surface area contributed by atoms with Crippen molar-refractivity contribution >= 4 is 5.91 Å². The number of carbonyl (C=O) groups excluding carboxylic acids is 1. The van der Waals surface area contributed by atoms with Gasteiger partial charge in [-0.25, -0.2) is 0 Å². The number of hydrogen-bond donors (Lipinski definition) is 1. The first-order chi connectivity index (χ1) is 9.13. The number of nitrogens with one attached hydrogen (secondary N) is 1. The molecule has 1 aromatic rings. The Bertz CT molecular complexity index is 519. The highest BCUT2D eigenvalue weighted by Crippen LogP contribution is 2.24. The van der Waals surface area contributed by atoms with Gasteiger partial charge < -0.3 is 9.84 Å². The van der Waals surface area contributed by atoms with Gasteiger partial charge in [0.1, 0.15) is 5.76 Å². The summed E-state index contributed by atoms with van der Waals surface area (Å²) in [6.45, 7) is 4.80. The van der Waals surface area contributed by atoms with E-state index < -0.39 is 0 Å². The predicted octanol–water partition coefficient (Wildman–Crippen LogP) is 0.0737. The van der Waals surface area contributed by atoms with Gasteiger partial charge in [-0.1, -0.05) is 0 Å². The summed E-state index contributed by atoms with van der Waals surface area (Å²) in [5, 5.41) is 3.49. The first kappa shape index (κ1) is 12.6. The molecule has 0 radical (unpaired) electrons. The molecule has 0 bridgehead atoms. The van der Waals surface area contributed by atoms with Gasteiger partial charge >= 0.3 is 0 Å². The van der Waals surface area contributed by atoms with E-state index in [2.05, 4.69) is 10.2 Å². The Morgan fingerprint density at radius 3 is 3.05 bits per heavy atom. The number of carbonyl (C=O) groups is 1. The van der Waals surface area contributed by atoms with E-state index in [-0.39, 0.29) is 18.0 Å². The second-order valence-electron chi connectivity index (χ2n) is 5.53. The van der Waals surface area contributed by atoms with Crippen molar-refractivity contribution in [2.75, 3.05) is 26.2 Å². The molecular formula is C13H19N3O3. The van der Waals surface area contributed by atoms with Gasteiger partial charge in [-0.2, -0.15) is 0 Å². The van der Waals surface area contributed by atoms with E-state index in [0.29, 0.717) is 17.7 Å². The topological polar surface area (TPSA) is 67.5 Å². The molecular weight excluding hydrogens is 246 g/mol. The van der Waals surface area contributed by atoms with Crippen molar-refractivity contribution in [1.82, 2.24) is 15.0 Å². The fraction of sp³-hybridized carbons (Fsp3) is 0.692. The normalized spacial score (nSPS) is 27.4. The lowest BCUT2D eigenvalue weighted by Crippen LogP contribution is -2.41. The highest BCUT2D eigenvalue weighted by Gasteiger charge is 2.35. The summed E-state index contributed by atoms with van der Waals surface area (Å²) in [5.41, 5.74) is -0.378. The van der Waals surface area contributed by atoms with Gasteiger partial charge in [0, 0.05) is 25.2 Å². The van der Waals surface area contributed by atoms with Crippen LogP contribution in [0.2, 0.25) is 0 Å². The summed E-state index contributed by atoms with van der Waals surface area (Å²) in [6.07, 6.45) is 2.43. The third-order valence-corrected chi connectivity index (χ3v) is 4.02. The van der Waals surface area contributed by atoms with Crippen molar-refractivity contribution in [3.63, 3.8) is 0 Å². The second kappa shape index (κ2) is 4.94. The van der Waals surface area contributed by atoms with Crippen molar-refractivity contribution < 1.29 is 9.32 Å². The lowest BCUT2D eigenvalue weighted by atomic mass is 9.94. The van der Waals surface area contributed by atoms with Crippen molar-refractivity contribution in [3.05, 3.63) is 22.2 Å². The number of rotatable bonds is 2. The number of likely N-dealkylation sites (tertiary alicyclic amines) is 1. The van der Waals surface area contributed by atoms with Gasteiger partial charge in [-0.05, 0) is 32.2 Å². The third-order valence-electron chi connectivity index (χ3n) is 4.02. The maximum absolute atomic E-state index is 12.0. The van der Waals surface area contributed by atoms with Crippen molar-refractivity contribution in [3.8, 4) is 0 Å². The van der Waals surface area contributed by atoms with Gasteiger partial charge in [-0.15, -0.1) is 4.74 Å². The molecule has 1 N–H and O–H groups in total. The summed E-state index contributed by atoms with van der Waals surface area (Å²) < 4.78 is 5.98. The quantitative estimate of drug-likeness (QED) is 0.820. The van der Waals surface area contributed by atoms with Crippen LogP contribution in [0.25, 0.3) is 0 Å². The van der Waals surface area contributed by atoms with Crippen LogP contribution in [0.3, 0.4) is 0 Å². The van der Waals surface area contributed by atoms with Gasteiger partial charge in [0.15, 0.2) is 0 Å². The van der Waals surface area contributed by atoms with E-state index in [1.165, 1.54) is 18.9 Å². The molecule has 0 aliphatic carbocycles. The van der Waals surface area contributed by atoms with Crippen LogP contribution in [0.1, 0.15) is 23.4 Å². The zero-order valence-electron chi connectivity index (χ0n) is 11.1. The zero-order valence-corrected chi connectivity index (χ0v) is 11.1. The van der Waals surface area contributed by atoms with Crippen LogP contribution in [0, 0.1) is 12.8 Å². The number of aromatic nitrogens is 1. The van der Waals surface area contributed by atoms with Gasteiger partial charge in [0.25, 0.3) is 11.5 Å². The van der Waals surface area contributed by atoms with Crippen molar-refractivity contribution in [2.45, 2.75) is 25.8 Å². The average Bonchev–Trinajstić information content (AvgIpc) is 2.91. The Balaban J connectivity index is 1.64. The Labute approximate surface area is 111 Å². The minimum absolute atomic E-state index is 0.252. The van der Waals surface area contributed by atoms with Crippen LogP contribution in [-0.4, -0.2) is 47.8 Å². The van der Waals surface area contributed by atoms with Crippen LogP contribution in [0.15, 0.2) is 15.4 Å². The lowest BCUT2D eigenvalue weighted by molar-refractivity contribution is 0.0727. The molecule has 6 nitrogen and oxygen atoms in total. The molecule has 0 spiro atoms. The fourth-order valence-corrected chi connectivity index (χ4v) is 3.14. The van der Waals surface area contributed by atoms with Crippen LogP contribution in [0.4, 0.5) is 0 Å². The van der Waals surface area contributed by atoms with Crippen LogP contribution >= 0.6 is 0 Å². The lowest BCUT2D eigenvalue weighted by Gasteiger charge is -2.24. The SMILES string of the molecule is Cc1cc(=O)n(C(=O)CN2CC3CCCNC3C2)o1. The second-order valence-corrected chi connectivity index (χ2v) is 5.53. The number of hydrogen-bond acceptors (Lipinski definition) is 5. The molecule has 2 unspecified atom stereocenters. The molecule has 3 rings (SSSR count). The molecule has 2 saturated heterocycles. The molecule has 104 valence electrons. The van der Waals surface area contributed by atoms with Crippen molar-refractivity contribution in [2.24, 2.45) is 5.92 Å². The van der Waals surface area contributed by atoms with Crippen molar-refractivity contribution in [1.29, 1.82) is 0 Å². The Kier molecular flexibility index (Phi) is 3.28. The molecule has 19 heavy (non-hydrogen) atoms. The molecule has 6 heteroatoms. The zero-order chi connectivity index (χ0) is 13.4. The minimum Gasteiger partial charge on any atom is -0.373 e. The van der Waals surface area contributed by atoms with Gasteiger partial charge in [0.2, 0.25) is 0 Å². The van der Waals surface area contributed by atoms with E-state index in [4.69, 9.17) is 4.52 Å². The largest absolute Gasteiger partial charge is 0.373 e. The third kappa shape index (κ3) is 2.50. The number of aryl methyl sites for hydroxylation is 1. The van der Waals surface area contributed by atoms with E-state index in [1.807, 2.05) is 0 Å². The molecule has 1 aromatic heterocycles. The van der Waals surface area contributed by atoms with E-state index in [0.717, 1.165) is 24.4 Å². The standard InChI is InChI=1S/C13H19N3O3/c1-9-5-12(17)16(19-9)13(18)8-15-6-10-3-2-4-14-11(10)7-15/h5,10-11,14H,2-4,6-8H2,1H3. The molecule has 0 aromatic carbocycles. The van der Waals surface area contributed by atoms with E-state index >= 15 is 0 Å². The maximum Gasteiger partial charge on any atom is 0.290 e. The summed E-state index contributed by atoms with van der Waals surface area (Å²) in [6, 6.07) is 1.83. The highest BCUT2D eigenvalue weighted by atomic mass is 16.5. The van der Waals surface area contributed by atoms with E-state index in [9.17, 15) is 9.59 Å². The fourth-order valence-electron chi connectivity index (χ4n) is 3.14. The Morgan fingerprint density at radius 2 is 2.37 bits per heavy atom. The summed E-state index contributed by atoms with van der Waals surface area (Å²) >= 11 is 0. The van der Waals surface area contributed by atoms with E-state index in [1.54, 1.807) is 6.92 Å². The van der Waals surface area contributed by atoms with Crippen LogP contribution < -0.4 is 10.9 Å². The van der Waals surface area contributed by atoms with Crippen LogP contribution in [-0.2, 0) is 0 Å². The average molecular weight is 265 g/mol. The maximum atomic E-state index is 12.0. The molecule has 0 saturated carbocycles. The number of nitrogens with zero attached hydrogens (tertiary/aromatic N) is 2. The molecule has 2 atom stereocenters. The summed E-state index contributed by atoms with van der Waals surface area (Å²) in [5.74, 6) is 0.823. The summed E-state index contributed by atoms with van der Waals surface area (Å²) in [7, 11) is 0. The van der Waals surface area contributed by atoms with Gasteiger partial charge in [0.05, 0.1) is 6.54 Å². The molecule has 2 aliphatic rings. The molecule has 3 heterocycles. The Hall–Kier alpha value is -1.40. The first-order valence-electron chi connectivity index (χ1n) is 6.82. The molecule has 2 fully saturated rings. The van der Waals surface area contributed by atoms with Crippen LogP contribution in [0.5, 0.6) is 0 Å². The Morgan fingerprint density at radius 1 is 1.53 bits per heavy atom. The minimum atomic E-state index is -0.378. The van der Waals surface area contributed by atoms with Gasteiger partial charge in [-0.3, -0.25) is 14.5 Å².